The maximum atomic E-state index is 12.2. The van der Waals surface area contributed by atoms with Crippen molar-refractivity contribution in [3.05, 3.63) is 77.9 Å². The first-order valence-electron chi connectivity index (χ1n) is 11.1. The average molecular weight is 454 g/mol. The second-order valence-electron chi connectivity index (χ2n) is 8.74. The van der Waals surface area contributed by atoms with Crippen molar-refractivity contribution in [2.24, 2.45) is 0 Å². The summed E-state index contributed by atoms with van der Waals surface area (Å²) in [6.45, 7) is 6.97. The van der Waals surface area contributed by atoms with Crippen molar-refractivity contribution in [1.82, 2.24) is 19.7 Å². The first-order chi connectivity index (χ1) is 15.4. The summed E-state index contributed by atoms with van der Waals surface area (Å²) in [5.41, 5.74) is 4.07. The number of hydrogen-bond acceptors (Lipinski definition) is 5. The molecule has 3 heterocycles. The predicted octanol–water partition coefficient (Wildman–Crippen LogP) is 3.86. The van der Waals surface area contributed by atoms with E-state index in [1.165, 1.54) is 11.1 Å². The van der Waals surface area contributed by atoms with E-state index in [9.17, 15) is 8.42 Å². The molecule has 2 aromatic heterocycles. The molecule has 0 aliphatic carbocycles. The first-order valence-corrected chi connectivity index (χ1v) is 12.7. The summed E-state index contributed by atoms with van der Waals surface area (Å²) in [5.74, 6) is 0.446. The summed E-state index contributed by atoms with van der Waals surface area (Å²) in [6, 6.07) is 13.8. The fraction of sp³-hybridized carbons (Fsp3) is 0.417. The zero-order chi connectivity index (χ0) is 22.6. The maximum Gasteiger partial charge on any atom is 0.235 e. The van der Waals surface area contributed by atoms with Gasteiger partial charge in [0.05, 0.1) is 23.7 Å². The van der Waals surface area contributed by atoms with Crippen LogP contribution < -0.4 is 4.72 Å². The SMILES string of the molecule is CC(C)S(=O)(=O)Nc1cccc(C2CCN(Cc3cnn(Cc4ccccn4)c3)CC2)c1. The lowest BCUT2D eigenvalue weighted by Gasteiger charge is -2.32. The van der Waals surface area contributed by atoms with Gasteiger partial charge in [-0.2, -0.15) is 5.10 Å². The second-order valence-corrected chi connectivity index (χ2v) is 11.0. The number of nitrogens with one attached hydrogen (secondary N) is 1. The number of nitrogens with zero attached hydrogens (tertiary/aromatic N) is 4. The Labute approximate surface area is 190 Å². The van der Waals surface area contributed by atoms with Crippen molar-refractivity contribution in [1.29, 1.82) is 0 Å². The quantitative estimate of drug-likeness (QED) is 0.560. The molecule has 0 bridgehead atoms. The number of hydrogen-bond donors (Lipinski definition) is 1. The van der Waals surface area contributed by atoms with E-state index < -0.39 is 15.3 Å². The van der Waals surface area contributed by atoms with Gasteiger partial charge >= 0.3 is 0 Å². The zero-order valence-corrected chi connectivity index (χ0v) is 19.5. The summed E-state index contributed by atoms with van der Waals surface area (Å²) in [5, 5.41) is 4.03. The molecule has 1 N–H and O–H groups in total. The minimum atomic E-state index is -3.33. The largest absolute Gasteiger partial charge is 0.299 e. The van der Waals surface area contributed by atoms with Crippen molar-refractivity contribution >= 4 is 15.7 Å². The van der Waals surface area contributed by atoms with Crippen molar-refractivity contribution in [3.63, 3.8) is 0 Å². The van der Waals surface area contributed by atoms with Gasteiger partial charge in [-0.05, 0) is 75.5 Å². The van der Waals surface area contributed by atoms with Crippen LogP contribution in [0.1, 0.15) is 49.4 Å². The van der Waals surface area contributed by atoms with Gasteiger partial charge in [0.25, 0.3) is 0 Å². The molecule has 1 saturated heterocycles. The second kappa shape index (κ2) is 9.83. The number of rotatable bonds is 8. The van der Waals surface area contributed by atoms with Gasteiger partial charge in [0.1, 0.15) is 0 Å². The number of benzene rings is 1. The highest BCUT2D eigenvalue weighted by Crippen LogP contribution is 2.30. The smallest absolute Gasteiger partial charge is 0.235 e. The van der Waals surface area contributed by atoms with Crippen LogP contribution in [0.2, 0.25) is 0 Å². The van der Waals surface area contributed by atoms with E-state index in [2.05, 4.69) is 32.0 Å². The number of anilines is 1. The van der Waals surface area contributed by atoms with Gasteiger partial charge in [-0.3, -0.25) is 19.3 Å². The van der Waals surface area contributed by atoms with E-state index in [1.54, 1.807) is 20.0 Å². The van der Waals surface area contributed by atoms with Crippen molar-refractivity contribution in [2.45, 2.75) is 50.9 Å². The number of aromatic nitrogens is 3. The highest BCUT2D eigenvalue weighted by atomic mass is 32.2. The van der Waals surface area contributed by atoms with Gasteiger partial charge in [-0.25, -0.2) is 8.42 Å². The molecule has 8 heteroatoms. The Morgan fingerprint density at radius 1 is 1.09 bits per heavy atom. The molecule has 1 aromatic carbocycles. The van der Waals surface area contributed by atoms with Crippen LogP contribution in [0, 0.1) is 0 Å². The van der Waals surface area contributed by atoms with Gasteiger partial charge in [0.2, 0.25) is 10.0 Å². The normalized spacial score (nSPS) is 15.8. The van der Waals surface area contributed by atoms with Crippen molar-refractivity contribution in [2.75, 3.05) is 17.8 Å². The minimum absolute atomic E-state index is 0.446. The van der Waals surface area contributed by atoms with Crippen molar-refractivity contribution in [3.8, 4) is 0 Å². The topological polar surface area (TPSA) is 80.1 Å². The van der Waals surface area contributed by atoms with Gasteiger partial charge < -0.3 is 0 Å². The molecule has 1 aliphatic rings. The highest BCUT2D eigenvalue weighted by molar-refractivity contribution is 7.93. The molecule has 0 amide bonds. The van der Waals surface area contributed by atoms with Crippen molar-refractivity contribution < 1.29 is 8.42 Å². The lowest BCUT2D eigenvalue weighted by Crippen LogP contribution is -2.32. The third-order valence-corrected chi connectivity index (χ3v) is 7.73. The number of piperidine rings is 1. The molecule has 1 fully saturated rings. The monoisotopic (exact) mass is 453 g/mol. The van der Waals surface area contributed by atoms with E-state index in [4.69, 9.17) is 0 Å². The van der Waals surface area contributed by atoms with Crippen LogP contribution in [0.3, 0.4) is 0 Å². The van der Waals surface area contributed by atoms with E-state index >= 15 is 0 Å². The molecule has 3 aromatic rings. The molecule has 0 saturated carbocycles. The van der Waals surface area contributed by atoms with E-state index in [0.29, 0.717) is 18.2 Å². The van der Waals surface area contributed by atoms with Crippen LogP contribution in [0.25, 0.3) is 0 Å². The summed E-state index contributed by atoms with van der Waals surface area (Å²) in [6.07, 6.45) is 7.97. The Balaban J connectivity index is 1.31. The van der Waals surface area contributed by atoms with Crippen LogP contribution in [0.4, 0.5) is 5.69 Å². The lowest BCUT2D eigenvalue weighted by atomic mass is 9.89. The molecule has 0 spiro atoms. The van der Waals surface area contributed by atoms with Crippen LogP contribution in [0.5, 0.6) is 0 Å². The van der Waals surface area contributed by atoms with Gasteiger partial charge in [-0.1, -0.05) is 18.2 Å². The molecular formula is C24H31N5O2S. The zero-order valence-electron chi connectivity index (χ0n) is 18.7. The molecule has 7 nitrogen and oxygen atoms in total. The first kappa shape index (κ1) is 22.5. The molecule has 32 heavy (non-hydrogen) atoms. The Hall–Kier alpha value is -2.71. The number of sulfonamides is 1. The molecule has 170 valence electrons. The Kier molecular flexibility index (Phi) is 6.91. The van der Waals surface area contributed by atoms with Crippen LogP contribution in [0.15, 0.2) is 61.1 Å². The molecular weight excluding hydrogens is 422 g/mol. The average Bonchev–Trinajstić information content (AvgIpc) is 3.21. The van der Waals surface area contributed by atoms with E-state index in [0.717, 1.165) is 38.2 Å². The summed E-state index contributed by atoms with van der Waals surface area (Å²) < 4.78 is 29.0. The van der Waals surface area contributed by atoms with Crippen LogP contribution in [-0.2, 0) is 23.1 Å². The molecule has 4 rings (SSSR count). The summed E-state index contributed by atoms with van der Waals surface area (Å²) in [4.78, 5) is 6.82. The van der Waals surface area contributed by atoms with Crippen LogP contribution >= 0.6 is 0 Å². The van der Waals surface area contributed by atoms with E-state index in [-0.39, 0.29) is 0 Å². The van der Waals surface area contributed by atoms with Gasteiger partial charge in [-0.15, -0.1) is 0 Å². The third kappa shape index (κ3) is 5.75. The molecule has 1 aliphatic heterocycles. The van der Waals surface area contributed by atoms with Crippen LogP contribution in [-0.4, -0.2) is 46.4 Å². The minimum Gasteiger partial charge on any atom is -0.299 e. The lowest BCUT2D eigenvalue weighted by molar-refractivity contribution is 0.204. The summed E-state index contributed by atoms with van der Waals surface area (Å²) in [7, 11) is -3.33. The van der Waals surface area contributed by atoms with Gasteiger partial charge in [0.15, 0.2) is 0 Å². The Morgan fingerprint density at radius 3 is 2.62 bits per heavy atom. The number of likely N-dealkylation sites (tertiary alicyclic amines) is 1. The van der Waals surface area contributed by atoms with E-state index in [1.807, 2.05) is 47.3 Å². The standard InChI is InChI=1S/C24H31N5O2S/c1-19(2)32(30,31)27-23-8-5-6-22(14-23)21-9-12-28(13-10-21)16-20-15-26-29(17-20)18-24-7-3-4-11-25-24/h3-8,11,14-15,17,19,21,27H,9-10,12-13,16,18H2,1-2H3. The Morgan fingerprint density at radius 2 is 1.91 bits per heavy atom. The highest BCUT2D eigenvalue weighted by Gasteiger charge is 2.22. The molecule has 0 unspecified atom stereocenters. The third-order valence-electron chi connectivity index (χ3n) is 5.97. The predicted molar refractivity (Wildman–Crippen MR) is 127 cm³/mol. The fourth-order valence-electron chi connectivity index (χ4n) is 4.05. The fourth-order valence-corrected chi connectivity index (χ4v) is 4.74. The number of pyridine rings is 1. The maximum absolute atomic E-state index is 12.2. The van der Waals surface area contributed by atoms with Gasteiger partial charge in [0, 0.05) is 30.2 Å². The molecule has 0 atom stereocenters. The Bertz CT molecular complexity index is 1120. The summed E-state index contributed by atoms with van der Waals surface area (Å²) >= 11 is 0. The molecule has 0 radical (unpaired) electrons.